The van der Waals surface area contributed by atoms with Crippen molar-refractivity contribution in [1.82, 2.24) is 0 Å². The fraction of sp³-hybridized carbons (Fsp3) is 0.500. The molecule has 1 aromatic rings. The molecule has 2 fully saturated rings. The summed E-state index contributed by atoms with van der Waals surface area (Å²) in [5.41, 5.74) is 0.593. The molecular weight excluding hydrogens is 807 g/mol. The number of halogens is 16. The van der Waals surface area contributed by atoms with E-state index in [1.54, 1.807) is 0 Å². The van der Waals surface area contributed by atoms with E-state index in [1.165, 1.54) is 0 Å². The number of allylic oxidation sites excluding steroid dienone is 4. The minimum absolute atomic E-state index is 0.000290. The zero-order valence-electron chi connectivity index (χ0n) is 16.4. The van der Waals surface area contributed by atoms with Crippen molar-refractivity contribution in [3.63, 3.8) is 0 Å². The molecule has 4 bridgehead atoms. The van der Waals surface area contributed by atoms with E-state index in [0.717, 1.165) is 0 Å². The van der Waals surface area contributed by atoms with Crippen LogP contribution in [0, 0.1) is 11.8 Å². The van der Waals surface area contributed by atoms with Gasteiger partial charge in [0.15, 0.2) is 8.67 Å². The van der Waals surface area contributed by atoms with Gasteiger partial charge in [0.25, 0.3) is 0 Å². The highest BCUT2D eigenvalue weighted by atomic mass is 35.5. The maximum Gasteiger partial charge on any atom is 0.167 e. The van der Waals surface area contributed by atoms with Crippen molar-refractivity contribution in [2.45, 2.75) is 40.0 Å². The van der Waals surface area contributed by atoms with E-state index in [4.69, 9.17) is 186 Å². The fourth-order valence-corrected chi connectivity index (χ4v) is 14.2. The summed E-state index contributed by atoms with van der Waals surface area (Å²) >= 11 is 110. The maximum atomic E-state index is 7.28. The Hall–Kier alpha value is 3.34. The molecule has 0 saturated heterocycles. The SMILES string of the molecule is ClC1=C(Cl)[C@@]2(Cl)[C@@H]3c4c(Cl)c(Cl)c(Cl)c(Cl)c4[C@@H]4[C@@H]([C@H]3[C@@]1(Cl)C2(Cl)Cl)[C@]1(Cl)C(Cl)=C(Cl)[C@]4(Cl)C1(Cl)Cl. The minimum atomic E-state index is -2.00. The van der Waals surface area contributed by atoms with E-state index < -0.39 is 51.8 Å². The van der Waals surface area contributed by atoms with Crippen LogP contribution in [-0.2, 0) is 0 Å². The summed E-state index contributed by atoms with van der Waals surface area (Å²) < 4.78 is -4.01. The normalized spacial score (nSPS) is 47.0. The molecular formula is C20H4Cl16. The van der Waals surface area contributed by atoms with E-state index in [1.807, 2.05) is 0 Å². The lowest BCUT2D eigenvalue weighted by Gasteiger charge is -2.53. The summed E-state index contributed by atoms with van der Waals surface area (Å²) in [5, 5.41) is -0.425. The maximum absolute atomic E-state index is 7.28. The molecule has 196 valence electrons. The van der Waals surface area contributed by atoms with Crippen molar-refractivity contribution < 1.29 is 0 Å². The molecule has 0 aliphatic heterocycles. The predicted octanol–water partition coefficient (Wildman–Crippen LogP) is 12.4. The summed E-state index contributed by atoms with van der Waals surface area (Å²) in [5.74, 6) is -3.84. The molecule has 6 rings (SSSR count). The van der Waals surface area contributed by atoms with Crippen LogP contribution in [0.4, 0.5) is 0 Å². The van der Waals surface area contributed by atoms with Crippen molar-refractivity contribution in [1.29, 1.82) is 0 Å². The van der Waals surface area contributed by atoms with Crippen LogP contribution in [0.2, 0.25) is 20.1 Å². The Morgan fingerprint density at radius 3 is 0.889 bits per heavy atom. The molecule has 0 N–H and O–H groups in total. The number of rotatable bonds is 0. The smallest absolute Gasteiger partial charge is 0.109 e. The molecule has 5 aliphatic carbocycles. The van der Waals surface area contributed by atoms with E-state index in [0.29, 0.717) is 11.1 Å². The van der Waals surface area contributed by atoms with Crippen LogP contribution in [0.5, 0.6) is 0 Å². The Bertz CT molecular complexity index is 1280. The van der Waals surface area contributed by atoms with Crippen LogP contribution in [0.1, 0.15) is 23.0 Å². The lowest BCUT2D eigenvalue weighted by molar-refractivity contribution is 0.201. The average Bonchev–Trinajstić information content (AvgIpc) is 3.15. The first-order valence-corrected chi connectivity index (χ1v) is 15.8. The molecule has 2 saturated carbocycles. The lowest BCUT2D eigenvalue weighted by Crippen LogP contribution is -2.53. The van der Waals surface area contributed by atoms with Gasteiger partial charge < -0.3 is 0 Å². The molecule has 0 aromatic heterocycles. The summed E-state index contributed by atoms with van der Waals surface area (Å²) in [7, 11) is 0. The molecule has 8 atom stereocenters. The molecule has 0 spiro atoms. The molecule has 1 aromatic carbocycles. The van der Waals surface area contributed by atoms with Gasteiger partial charge in [0.1, 0.15) is 19.5 Å². The van der Waals surface area contributed by atoms with E-state index in [2.05, 4.69) is 0 Å². The standard InChI is InChI=1S/C20H4Cl16/c21-7-1-2(8(22)10(24)9(7)23)4-6(18(32)14(28)12(26)16(4,30)20(18,35)36)5-3(1)15(29)11(25)13(27)17(5,31)19(15,33)34/h3-6H/t3-,4-,5+,6+,15+,16+,17+,18+/m1/s1. The average molecular weight is 811 g/mol. The Balaban J connectivity index is 1.86. The molecule has 0 radical (unpaired) electrons. The third-order valence-electron chi connectivity index (χ3n) is 8.34. The minimum Gasteiger partial charge on any atom is -0.109 e. The summed E-state index contributed by atoms with van der Waals surface area (Å²) in [6.07, 6.45) is 0. The van der Waals surface area contributed by atoms with Gasteiger partial charge in [-0.1, -0.05) is 139 Å². The van der Waals surface area contributed by atoms with Crippen molar-refractivity contribution in [2.24, 2.45) is 11.8 Å². The zero-order valence-corrected chi connectivity index (χ0v) is 28.5. The van der Waals surface area contributed by atoms with Gasteiger partial charge in [-0.2, -0.15) is 0 Å². The lowest BCUT2D eigenvalue weighted by atomic mass is 9.57. The monoisotopic (exact) mass is 804 g/mol. The molecule has 0 heterocycles. The number of benzene rings is 1. The number of hydrogen-bond donors (Lipinski definition) is 0. The molecule has 0 unspecified atom stereocenters. The van der Waals surface area contributed by atoms with Crippen LogP contribution in [-0.4, -0.2) is 28.2 Å². The van der Waals surface area contributed by atoms with E-state index in [9.17, 15) is 0 Å². The van der Waals surface area contributed by atoms with Crippen LogP contribution in [0.25, 0.3) is 0 Å². The van der Waals surface area contributed by atoms with Gasteiger partial charge in [-0.25, -0.2) is 0 Å². The molecule has 16 heteroatoms. The first-order chi connectivity index (χ1) is 16.3. The Labute approximate surface area is 285 Å². The largest absolute Gasteiger partial charge is 0.167 e. The van der Waals surface area contributed by atoms with Crippen molar-refractivity contribution in [3.05, 3.63) is 51.3 Å². The molecule has 0 amide bonds. The van der Waals surface area contributed by atoms with Crippen LogP contribution >= 0.6 is 186 Å². The van der Waals surface area contributed by atoms with Gasteiger partial charge in [0, 0.05) is 23.7 Å². The van der Waals surface area contributed by atoms with Gasteiger partial charge in [-0.15, -0.1) is 46.4 Å². The van der Waals surface area contributed by atoms with E-state index in [-0.39, 0.29) is 40.2 Å². The highest BCUT2D eigenvalue weighted by molar-refractivity contribution is 6.68. The van der Waals surface area contributed by atoms with Crippen LogP contribution in [0.15, 0.2) is 20.1 Å². The van der Waals surface area contributed by atoms with E-state index >= 15 is 0 Å². The van der Waals surface area contributed by atoms with Crippen molar-refractivity contribution in [2.75, 3.05) is 0 Å². The molecule has 5 aliphatic rings. The predicted molar refractivity (Wildman–Crippen MR) is 160 cm³/mol. The Morgan fingerprint density at radius 2 is 0.611 bits per heavy atom. The van der Waals surface area contributed by atoms with Gasteiger partial charge in [0.05, 0.1) is 40.2 Å². The third-order valence-corrected chi connectivity index (χ3v) is 18.7. The summed E-state index contributed by atoms with van der Waals surface area (Å²) in [6.45, 7) is 0. The second-order valence-electron chi connectivity index (χ2n) is 9.34. The fourth-order valence-electron chi connectivity index (χ4n) is 6.99. The first kappa shape index (κ1) is 29.4. The topological polar surface area (TPSA) is 0 Å². The van der Waals surface area contributed by atoms with Crippen LogP contribution in [0.3, 0.4) is 0 Å². The number of hydrogen-bond acceptors (Lipinski definition) is 0. The Kier molecular flexibility index (Phi) is 6.60. The highest BCUT2D eigenvalue weighted by Gasteiger charge is 2.92. The highest BCUT2D eigenvalue weighted by Crippen LogP contribution is 2.89. The molecule has 0 nitrogen and oxygen atoms in total. The second kappa shape index (κ2) is 8.08. The summed E-state index contributed by atoms with van der Waals surface area (Å²) in [4.78, 5) is -7.28. The zero-order chi connectivity index (χ0) is 27.1. The van der Waals surface area contributed by atoms with Gasteiger partial charge >= 0.3 is 0 Å². The van der Waals surface area contributed by atoms with Crippen LogP contribution < -0.4 is 0 Å². The number of alkyl halides is 8. The Morgan fingerprint density at radius 1 is 0.361 bits per heavy atom. The quantitative estimate of drug-likeness (QED) is 0.139. The molecule has 36 heavy (non-hydrogen) atoms. The number of fused-ring (bicyclic) bond motifs is 14. The van der Waals surface area contributed by atoms with Gasteiger partial charge in [-0.05, 0) is 11.1 Å². The second-order valence-corrected chi connectivity index (χ2v) is 17.4. The first-order valence-electron chi connectivity index (χ1n) is 9.76. The van der Waals surface area contributed by atoms with Crippen molar-refractivity contribution in [3.8, 4) is 0 Å². The van der Waals surface area contributed by atoms with Gasteiger partial charge in [-0.3, -0.25) is 0 Å². The third kappa shape index (κ3) is 2.54. The van der Waals surface area contributed by atoms with Crippen molar-refractivity contribution >= 4 is 186 Å². The van der Waals surface area contributed by atoms with Gasteiger partial charge in [0.2, 0.25) is 0 Å². The summed E-state index contributed by atoms with van der Waals surface area (Å²) in [6, 6.07) is 0.